The number of likely N-dealkylation sites (tertiary alicyclic amines) is 1. The average Bonchev–Trinajstić information content (AvgIpc) is 2.77. The van der Waals surface area contributed by atoms with Crippen molar-refractivity contribution in [2.24, 2.45) is 0 Å². The molecule has 0 unspecified atom stereocenters. The molecule has 28 heavy (non-hydrogen) atoms. The average molecular weight is 372 g/mol. The molecule has 2 amide bonds. The van der Waals surface area contributed by atoms with Crippen molar-refractivity contribution in [1.29, 1.82) is 0 Å². The van der Waals surface area contributed by atoms with Gasteiger partial charge in [-0.3, -0.25) is 9.59 Å². The number of piperidine rings is 1. The first-order valence-corrected chi connectivity index (χ1v) is 9.45. The van der Waals surface area contributed by atoms with Crippen LogP contribution in [0.4, 0.5) is 0 Å². The van der Waals surface area contributed by atoms with Gasteiger partial charge in [0.25, 0.3) is 0 Å². The van der Waals surface area contributed by atoms with Gasteiger partial charge in [-0.15, -0.1) is 0 Å². The SMILES string of the molecule is C=CC(=O)N1CCC(C(=O)NCC#Cc2ccccc2)(c2ccccc2)CC1. The highest BCUT2D eigenvalue weighted by molar-refractivity contribution is 5.90. The molecule has 0 bridgehead atoms. The predicted molar refractivity (Wildman–Crippen MR) is 110 cm³/mol. The number of nitrogens with one attached hydrogen (secondary N) is 1. The van der Waals surface area contributed by atoms with Gasteiger partial charge in [-0.1, -0.05) is 67.0 Å². The molecular formula is C24H24N2O2. The third-order valence-corrected chi connectivity index (χ3v) is 5.21. The van der Waals surface area contributed by atoms with Crippen LogP contribution >= 0.6 is 0 Å². The predicted octanol–water partition coefficient (Wildman–Crippen LogP) is 2.90. The van der Waals surface area contributed by atoms with Crippen molar-refractivity contribution in [2.75, 3.05) is 19.6 Å². The summed E-state index contributed by atoms with van der Waals surface area (Å²) in [5.41, 5.74) is 1.26. The molecule has 1 N–H and O–H groups in total. The second-order valence-electron chi connectivity index (χ2n) is 6.83. The second kappa shape index (κ2) is 9.05. The first kappa shape index (κ1) is 19.4. The summed E-state index contributed by atoms with van der Waals surface area (Å²) in [4.78, 5) is 26.8. The Hall–Kier alpha value is -3.32. The van der Waals surface area contributed by atoms with Gasteiger partial charge in [0, 0.05) is 18.7 Å². The molecule has 1 aliphatic heterocycles. The lowest BCUT2D eigenvalue weighted by atomic mass is 9.72. The molecule has 4 heteroatoms. The first-order valence-electron chi connectivity index (χ1n) is 9.45. The summed E-state index contributed by atoms with van der Waals surface area (Å²) < 4.78 is 0. The van der Waals surface area contributed by atoms with E-state index in [0.717, 1.165) is 11.1 Å². The minimum Gasteiger partial charge on any atom is -0.344 e. The summed E-state index contributed by atoms with van der Waals surface area (Å²) in [6.07, 6.45) is 2.48. The van der Waals surface area contributed by atoms with Crippen molar-refractivity contribution in [2.45, 2.75) is 18.3 Å². The lowest BCUT2D eigenvalue weighted by molar-refractivity contribution is -0.133. The second-order valence-corrected chi connectivity index (χ2v) is 6.83. The zero-order valence-corrected chi connectivity index (χ0v) is 15.9. The van der Waals surface area contributed by atoms with Gasteiger partial charge in [0.05, 0.1) is 12.0 Å². The third-order valence-electron chi connectivity index (χ3n) is 5.21. The van der Waals surface area contributed by atoms with Crippen LogP contribution in [-0.4, -0.2) is 36.3 Å². The molecule has 0 spiro atoms. The molecule has 4 nitrogen and oxygen atoms in total. The molecule has 2 aromatic carbocycles. The van der Waals surface area contributed by atoms with Gasteiger partial charge in [-0.05, 0) is 36.6 Å². The largest absolute Gasteiger partial charge is 0.344 e. The molecule has 0 atom stereocenters. The van der Waals surface area contributed by atoms with Crippen LogP contribution in [0.25, 0.3) is 0 Å². The quantitative estimate of drug-likeness (QED) is 0.663. The number of nitrogens with zero attached hydrogens (tertiary/aromatic N) is 1. The van der Waals surface area contributed by atoms with Gasteiger partial charge < -0.3 is 10.2 Å². The van der Waals surface area contributed by atoms with E-state index in [1.54, 1.807) is 4.90 Å². The number of carbonyl (C=O) groups excluding carboxylic acids is 2. The zero-order valence-electron chi connectivity index (χ0n) is 15.9. The van der Waals surface area contributed by atoms with Crippen molar-refractivity contribution in [1.82, 2.24) is 10.2 Å². The Morgan fingerprint density at radius 1 is 1.04 bits per heavy atom. The van der Waals surface area contributed by atoms with Gasteiger partial charge in [0.2, 0.25) is 11.8 Å². The van der Waals surface area contributed by atoms with E-state index in [1.165, 1.54) is 6.08 Å². The molecule has 0 radical (unpaired) electrons. The lowest BCUT2D eigenvalue weighted by Gasteiger charge is -2.40. The minimum atomic E-state index is -0.645. The lowest BCUT2D eigenvalue weighted by Crippen LogP contribution is -2.52. The summed E-state index contributed by atoms with van der Waals surface area (Å²) in [6.45, 7) is 4.91. The van der Waals surface area contributed by atoms with Gasteiger partial charge >= 0.3 is 0 Å². The normalized spacial score (nSPS) is 15.1. The fraction of sp³-hybridized carbons (Fsp3) is 0.250. The molecule has 1 fully saturated rings. The van der Waals surface area contributed by atoms with E-state index in [9.17, 15) is 9.59 Å². The maximum absolute atomic E-state index is 13.2. The number of rotatable bonds is 4. The molecule has 1 saturated heterocycles. The summed E-state index contributed by atoms with van der Waals surface area (Å²) >= 11 is 0. The fourth-order valence-electron chi connectivity index (χ4n) is 3.60. The van der Waals surface area contributed by atoms with Crippen LogP contribution in [0.2, 0.25) is 0 Å². The van der Waals surface area contributed by atoms with Crippen LogP contribution in [0.5, 0.6) is 0 Å². The third kappa shape index (κ3) is 4.32. The first-order chi connectivity index (χ1) is 13.7. The Kier molecular flexibility index (Phi) is 6.29. The maximum atomic E-state index is 13.2. The van der Waals surface area contributed by atoms with Gasteiger partial charge in [0.1, 0.15) is 0 Å². The highest BCUT2D eigenvalue weighted by atomic mass is 16.2. The Morgan fingerprint density at radius 3 is 2.25 bits per heavy atom. The van der Waals surface area contributed by atoms with Crippen molar-refractivity contribution < 1.29 is 9.59 Å². The molecule has 0 aliphatic carbocycles. The summed E-state index contributed by atoms with van der Waals surface area (Å²) in [6, 6.07) is 19.5. The van der Waals surface area contributed by atoms with Crippen molar-refractivity contribution in [3.63, 3.8) is 0 Å². The molecular weight excluding hydrogens is 348 g/mol. The van der Waals surface area contributed by atoms with Crippen LogP contribution in [0, 0.1) is 11.8 Å². The molecule has 0 saturated carbocycles. The van der Waals surface area contributed by atoms with Gasteiger partial charge in [0.15, 0.2) is 0 Å². The van der Waals surface area contributed by atoms with E-state index in [4.69, 9.17) is 0 Å². The molecule has 3 rings (SSSR count). The number of carbonyl (C=O) groups is 2. The van der Waals surface area contributed by atoms with Crippen molar-refractivity contribution >= 4 is 11.8 Å². The van der Waals surface area contributed by atoms with E-state index in [1.807, 2.05) is 60.7 Å². The highest BCUT2D eigenvalue weighted by Gasteiger charge is 2.43. The number of benzene rings is 2. The van der Waals surface area contributed by atoms with Crippen LogP contribution in [-0.2, 0) is 15.0 Å². The number of amides is 2. The Bertz CT molecular complexity index is 886. The Labute approximate surface area is 166 Å². The van der Waals surface area contributed by atoms with E-state index in [0.29, 0.717) is 25.9 Å². The Balaban J connectivity index is 1.73. The monoisotopic (exact) mass is 372 g/mol. The van der Waals surface area contributed by atoms with Crippen LogP contribution in [0.1, 0.15) is 24.0 Å². The standard InChI is InChI=1S/C24H24N2O2/c1-2-22(27)26-18-15-24(16-19-26,21-13-7-4-8-14-21)23(28)25-17-9-12-20-10-5-3-6-11-20/h2-8,10-11,13-14H,1,15-19H2,(H,25,28). The zero-order chi connectivity index (χ0) is 19.8. The van der Waals surface area contributed by atoms with Crippen molar-refractivity contribution in [3.8, 4) is 11.8 Å². The summed E-state index contributed by atoms with van der Waals surface area (Å²) in [7, 11) is 0. The maximum Gasteiger partial charge on any atom is 0.245 e. The topological polar surface area (TPSA) is 49.4 Å². The van der Waals surface area contributed by atoms with Gasteiger partial charge in [-0.2, -0.15) is 0 Å². The van der Waals surface area contributed by atoms with E-state index in [2.05, 4.69) is 23.7 Å². The van der Waals surface area contributed by atoms with Gasteiger partial charge in [-0.25, -0.2) is 0 Å². The number of hydrogen-bond donors (Lipinski definition) is 1. The molecule has 2 aromatic rings. The van der Waals surface area contributed by atoms with E-state index >= 15 is 0 Å². The van der Waals surface area contributed by atoms with E-state index < -0.39 is 5.41 Å². The molecule has 0 aromatic heterocycles. The fourth-order valence-corrected chi connectivity index (χ4v) is 3.60. The van der Waals surface area contributed by atoms with Crippen LogP contribution in [0.3, 0.4) is 0 Å². The van der Waals surface area contributed by atoms with Crippen LogP contribution in [0.15, 0.2) is 73.3 Å². The van der Waals surface area contributed by atoms with E-state index in [-0.39, 0.29) is 18.4 Å². The molecule has 1 aliphatic rings. The molecule has 142 valence electrons. The smallest absolute Gasteiger partial charge is 0.245 e. The summed E-state index contributed by atoms with van der Waals surface area (Å²) in [5.74, 6) is 5.95. The number of hydrogen-bond acceptors (Lipinski definition) is 2. The van der Waals surface area contributed by atoms with Crippen molar-refractivity contribution in [3.05, 3.63) is 84.4 Å². The summed E-state index contributed by atoms with van der Waals surface area (Å²) in [5, 5.41) is 2.98. The molecule has 1 heterocycles. The highest BCUT2D eigenvalue weighted by Crippen LogP contribution is 2.36. The van der Waals surface area contributed by atoms with Crippen LogP contribution < -0.4 is 5.32 Å². The Morgan fingerprint density at radius 2 is 1.64 bits per heavy atom. The minimum absolute atomic E-state index is 0.0354.